The first-order chi connectivity index (χ1) is 14.4. The van der Waals surface area contributed by atoms with Crippen molar-refractivity contribution in [3.05, 3.63) is 66.2 Å². The highest BCUT2D eigenvalue weighted by atomic mass is 32.2. The van der Waals surface area contributed by atoms with E-state index in [0.717, 1.165) is 16.1 Å². The molecule has 0 aromatic heterocycles. The number of hydrogen-bond donors (Lipinski definition) is 1. The molecule has 1 unspecified atom stereocenters. The second kappa shape index (κ2) is 9.96. The van der Waals surface area contributed by atoms with Crippen molar-refractivity contribution in [2.75, 3.05) is 17.1 Å². The summed E-state index contributed by atoms with van der Waals surface area (Å²) in [6, 6.07) is 17.0. The predicted octanol–water partition coefficient (Wildman–Crippen LogP) is 2.78. The fourth-order valence-electron chi connectivity index (χ4n) is 3.04. The predicted molar refractivity (Wildman–Crippen MR) is 123 cm³/mol. The molecule has 0 bridgehead atoms. The Balaban J connectivity index is 2.35. The molecule has 2 aromatic carbocycles. The van der Waals surface area contributed by atoms with E-state index in [1.807, 2.05) is 51.1 Å². The lowest BCUT2D eigenvalue weighted by molar-refractivity contribution is -0.140. The van der Waals surface area contributed by atoms with E-state index in [4.69, 9.17) is 0 Å². The average molecular weight is 446 g/mol. The Morgan fingerprint density at radius 2 is 1.48 bits per heavy atom. The molecule has 2 rings (SSSR count). The minimum atomic E-state index is -3.71. The minimum Gasteiger partial charge on any atom is -0.350 e. The van der Waals surface area contributed by atoms with Crippen LogP contribution >= 0.6 is 0 Å². The highest BCUT2D eigenvalue weighted by Gasteiger charge is 2.31. The lowest BCUT2D eigenvalue weighted by Crippen LogP contribution is -2.54. The number of carbonyl (C=O) groups excluding carboxylic acids is 2. The van der Waals surface area contributed by atoms with Crippen molar-refractivity contribution >= 4 is 27.5 Å². The van der Waals surface area contributed by atoms with Crippen LogP contribution in [0.2, 0.25) is 0 Å². The van der Waals surface area contributed by atoms with Crippen molar-refractivity contribution in [3.63, 3.8) is 0 Å². The number of benzene rings is 2. The van der Waals surface area contributed by atoms with E-state index in [1.54, 1.807) is 37.3 Å². The summed E-state index contributed by atoms with van der Waals surface area (Å²) in [4.78, 5) is 27.6. The molecule has 31 heavy (non-hydrogen) atoms. The van der Waals surface area contributed by atoms with Gasteiger partial charge in [-0.15, -0.1) is 0 Å². The van der Waals surface area contributed by atoms with Crippen LogP contribution < -0.4 is 9.62 Å². The third-order valence-electron chi connectivity index (χ3n) is 4.58. The number of anilines is 1. The molecule has 168 valence electrons. The summed E-state index contributed by atoms with van der Waals surface area (Å²) < 4.78 is 25.9. The molecule has 0 aliphatic carbocycles. The van der Waals surface area contributed by atoms with Gasteiger partial charge in [0.15, 0.2) is 0 Å². The van der Waals surface area contributed by atoms with Crippen LogP contribution in [-0.2, 0) is 26.2 Å². The van der Waals surface area contributed by atoms with Crippen molar-refractivity contribution < 1.29 is 18.0 Å². The van der Waals surface area contributed by atoms with Crippen LogP contribution in [0.4, 0.5) is 5.69 Å². The number of rotatable bonds is 8. The third kappa shape index (κ3) is 7.40. The molecule has 0 aliphatic rings. The van der Waals surface area contributed by atoms with Gasteiger partial charge in [-0.2, -0.15) is 0 Å². The van der Waals surface area contributed by atoms with Crippen LogP contribution in [0.1, 0.15) is 33.3 Å². The summed E-state index contributed by atoms with van der Waals surface area (Å²) in [5.41, 5.74) is 0.775. The topological polar surface area (TPSA) is 86.8 Å². The van der Waals surface area contributed by atoms with Crippen molar-refractivity contribution in [1.29, 1.82) is 0 Å². The molecular weight excluding hydrogens is 414 g/mol. The quantitative estimate of drug-likeness (QED) is 0.677. The van der Waals surface area contributed by atoms with E-state index in [-0.39, 0.29) is 12.5 Å². The number of para-hydroxylation sites is 1. The van der Waals surface area contributed by atoms with Gasteiger partial charge in [-0.1, -0.05) is 48.5 Å². The molecule has 0 fully saturated rings. The second-order valence-electron chi connectivity index (χ2n) is 8.53. The molecule has 0 saturated carbocycles. The molecule has 2 amide bonds. The van der Waals surface area contributed by atoms with Crippen molar-refractivity contribution in [1.82, 2.24) is 10.2 Å². The molecular formula is C23H31N3O4S. The number of amides is 2. The average Bonchev–Trinajstić information content (AvgIpc) is 2.69. The zero-order valence-corrected chi connectivity index (χ0v) is 19.5. The van der Waals surface area contributed by atoms with Crippen LogP contribution in [0.25, 0.3) is 0 Å². The van der Waals surface area contributed by atoms with Gasteiger partial charge in [-0.25, -0.2) is 8.42 Å². The number of carbonyl (C=O) groups is 2. The van der Waals surface area contributed by atoms with Crippen LogP contribution in [0.5, 0.6) is 0 Å². The van der Waals surface area contributed by atoms with Crippen molar-refractivity contribution in [3.8, 4) is 0 Å². The Labute approximate surface area is 185 Å². The molecule has 0 heterocycles. The molecule has 1 atom stereocenters. The number of nitrogens with one attached hydrogen (secondary N) is 1. The van der Waals surface area contributed by atoms with E-state index < -0.39 is 34.1 Å². The molecule has 2 aromatic rings. The van der Waals surface area contributed by atoms with E-state index in [2.05, 4.69) is 5.32 Å². The van der Waals surface area contributed by atoms with Gasteiger partial charge in [0.2, 0.25) is 21.8 Å². The van der Waals surface area contributed by atoms with Gasteiger partial charge in [-0.3, -0.25) is 13.9 Å². The lowest BCUT2D eigenvalue weighted by Gasteiger charge is -2.33. The highest BCUT2D eigenvalue weighted by molar-refractivity contribution is 7.92. The maximum Gasteiger partial charge on any atom is 0.244 e. The fraction of sp³-hybridized carbons (Fsp3) is 0.391. The van der Waals surface area contributed by atoms with Crippen LogP contribution in [0.15, 0.2) is 60.7 Å². The monoisotopic (exact) mass is 445 g/mol. The first-order valence-corrected chi connectivity index (χ1v) is 11.9. The molecule has 0 spiro atoms. The standard InChI is InChI=1S/C23H31N3O4S/c1-18(22(28)24-23(2,3)4)25(16-19-12-8-6-9-13-19)21(27)17-26(31(5,29)30)20-14-10-7-11-15-20/h6-15,18H,16-17H2,1-5H3,(H,24,28). The molecule has 0 radical (unpaired) electrons. The first kappa shape index (κ1) is 24.4. The van der Waals surface area contributed by atoms with Crippen LogP contribution in [0.3, 0.4) is 0 Å². The summed E-state index contributed by atoms with van der Waals surface area (Å²) in [6.07, 6.45) is 1.06. The summed E-state index contributed by atoms with van der Waals surface area (Å²) in [6.45, 7) is 7.02. The third-order valence-corrected chi connectivity index (χ3v) is 5.73. The molecule has 7 nitrogen and oxygen atoms in total. The van der Waals surface area contributed by atoms with E-state index in [0.29, 0.717) is 5.69 Å². The molecule has 0 aliphatic heterocycles. The Bertz CT molecular complexity index is 986. The summed E-state index contributed by atoms with van der Waals surface area (Å²) in [5, 5.41) is 2.89. The normalized spacial score (nSPS) is 12.7. The van der Waals surface area contributed by atoms with Gasteiger partial charge in [0, 0.05) is 12.1 Å². The lowest BCUT2D eigenvalue weighted by atomic mass is 10.1. The number of hydrogen-bond acceptors (Lipinski definition) is 4. The molecule has 8 heteroatoms. The van der Waals surface area contributed by atoms with Crippen LogP contribution in [0, 0.1) is 0 Å². The Morgan fingerprint density at radius 3 is 1.97 bits per heavy atom. The largest absolute Gasteiger partial charge is 0.350 e. The Morgan fingerprint density at radius 1 is 0.968 bits per heavy atom. The summed E-state index contributed by atoms with van der Waals surface area (Å²) in [7, 11) is -3.71. The Hall–Kier alpha value is -2.87. The van der Waals surface area contributed by atoms with E-state index in [1.165, 1.54) is 4.90 Å². The fourth-order valence-corrected chi connectivity index (χ4v) is 3.89. The van der Waals surface area contributed by atoms with Gasteiger partial charge in [0.05, 0.1) is 11.9 Å². The van der Waals surface area contributed by atoms with E-state index in [9.17, 15) is 18.0 Å². The van der Waals surface area contributed by atoms with E-state index >= 15 is 0 Å². The van der Waals surface area contributed by atoms with Gasteiger partial charge in [0.1, 0.15) is 12.6 Å². The zero-order valence-electron chi connectivity index (χ0n) is 18.7. The van der Waals surface area contributed by atoms with Gasteiger partial charge >= 0.3 is 0 Å². The van der Waals surface area contributed by atoms with Gasteiger partial charge < -0.3 is 10.2 Å². The maximum absolute atomic E-state index is 13.3. The zero-order chi connectivity index (χ0) is 23.2. The van der Waals surface area contributed by atoms with Crippen molar-refractivity contribution in [2.45, 2.75) is 45.8 Å². The summed E-state index contributed by atoms with van der Waals surface area (Å²) >= 11 is 0. The highest BCUT2D eigenvalue weighted by Crippen LogP contribution is 2.18. The maximum atomic E-state index is 13.3. The number of nitrogens with zero attached hydrogens (tertiary/aromatic N) is 2. The Kier molecular flexibility index (Phi) is 7.84. The molecule has 1 N–H and O–H groups in total. The first-order valence-electron chi connectivity index (χ1n) is 10.1. The van der Waals surface area contributed by atoms with Gasteiger partial charge in [-0.05, 0) is 45.4 Å². The van der Waals surface area contributed by atoms with Crippen molar-refractivity contribution in [2.24, 2.45) is 0 Å². The smallest absolute Gasteiger partial charge is 0.244 e. The van der Waals surface area contributed by atoms with Crippen LogP contribution in [-0.4, -0.2) is 49.5 Å². The SMILES string of the molecule is CC(C(=O)NC(C)(C)C)N(Cc1ccccc1)C(=O)CN(c1ccccc1)S(C)(=O)=O. The van der Waals surface area contributed by atoms with Gasteiger partial charge in [0.25, 0.3) is 0 Å². The number of sulfonamides is 1. The second-order valence-corrected chi connectivity index (χ2v) is 10.4. The molecule has 0 saturated heterocycles. The summed E-state index contributed by atoms with van der Waals surface area (Å²) in [5.74, 6) is -0.767. The minimum absolute atomic E-state index is 0.185.